The Bertz CT molecular complexity index is 274. The first-order valence-corrected chi connectivity index (χ1v) is 3.57. The van der Waals surface area contributed by atoms with Gasteiger partial charge in [0.2, 0.25) is 5.84 Å². The summed E-state index contributed by atoms with van der Waals surface area (Å²) in [5, 5.41) is 12.4. The van der Waals surface area contributed by atoms with Gasteiger partial charge in [-0.1, -0.05) is 6.07 Å². The fourth-order valence-corrected chi connectivity index (χ4v) is 1.30. The molecule has 0 aliphatic carbocycles. The lowest BCUT2D eigenvalue weighted by molar-refractivity contribution is 0.924. The van der Waals surface area contributed by atoms with Crippen molar-refractivity contribution in [2.45, 2.75) is 0 Å². The van der Waals surface area contributed by atoms with Crippen molar-refractivity contribution in [3.63, 3.8) is 0 Å². The van der Waals surface area contributed by atoms with Crippen LogP contribution in [0.5, 0.6) is 0 Å². The van der Waals surface area contributed by atoms with Crippen molar-refractivity contribution >= 4 is 17.2 Å². The van der Waals surface area contributed by atoms with E-state index in [-0.39, 0.29) is 0 Å². The largest absolute Gasteiger partial charge is 0.217 e. The predicted molar refractivity (Wildman–Crippen MR) is 37.8 cm³/mol. The first-order valence-electron chi connectivity index (χ1n) is 2.69. The minimum atomic E-state index is 0.606. The molecule has 0 atom stereocenters. The maximum absolute atomic E-state index is 3.70. The molecule has 1 radical (unpaired) electrons. The zero-order valence-electron chi connectivity index (χ0n) is 4.93. The third-order valence-electron chi connectivity index (χ3n) is 1.06. The summed E-state index contributed by atoms with van der Waals surface area (Å²) in [6.45, 7) is 0. The fraction of sp³-hybridized carbons (Fsp3) is 0. The quantitative estimate of drug-likeness (QED) is 0.582. The van der Waals surface area contributed by atoms with Crippen LogP contribution >= 0.6 is 11.3 Å². The smallest absolute Gasteiger partial charge is 0.140 e. The molecule has 1 aromatic heterocycles. The van der Waals surface area contributed by atoms with E-state index >= 15 is 0 Å². The van der Waals surface area contributed by atoms with E-state index in [1.807, 2.05) is 17.5 Å². The summed E-state index contributed by atoms with van der Waals surface area (Å²) in [6, 6.07) is 3.87. The molecule has 0 spiro atoms. The molecule has 1 aliphatic heterocycles. The average molecular weight is 151 g/mol. The number of thiophene rings is 1. The van der Waals surface area contributed by atoms with Crippen LogP contribution in [0.3, 0.4) is 0 Å². The summed E-state index contributed by atoms with van der Waals surface area (Å²) >= 11 is 1.58. The molecule has 5 heteroatoms. The second kappa shape index (κ2) is 2.18. The van der Waals surface area contributed by atoms with Crippen LogP contribution in [0.25, 0.3) is 0 Å². The molecule has 4 nitrogen and oxygen atoms in total. The van der Waals surface area contributed by atoms with Crippen molar-refractivity contribution in [3.8, 4) is 0 Å². The van der Waals surface area contributed by atoms with E-state index in [1.54, 1.807) is 11.3 Å². The fourth-order valence-electron chi connectivity index (χ4n) is 0.649. The molecule has 10 heavy (non-hydrogen) atoms. The molecule has 1 aliphatic rings. The molecule has 0 bridgehead atoms. The van der Waals surface area contributed by atoms with E-state index in [9.17, 15) is 0 Å². The van der Waals surface area contributed by atoms with Crippen molar-refractivity contribution in [2.24, 2.45) is 15.5 Å². The first kappa shape index (κ1) is 5.55. The maximum atomic E-state index is 3.70. The van der Waals surface area contributed by atoms with Crippen LogP contribution in [0.4, 0.5) is 0 Å². The van der Waals surface area contributed by atoms with Crippen molar-refractivity contribution < 1.29 is 0 Å². The SMILES string of the molecule is c1csc(C2=NN=N[N]2)c1. The van der Waals surface area contributed by atoms with Gasteiger partial charge in [-0.3, -0.25) is 0 Å². The van der Waals surface area contributed by atoms with E-state index in [4.69, 9.17) is 0 Å². The van der Waals surface area contributed by atoms with Crippen molar-refractivity contribution in [1.29, 1.82) is 0 Å². The summed E-state index contributed by atoms with van der Waals surface area (Å²) in [4.78, 5) is 1.00. The van der Waals surface area contributed by atoms with Crippen molar-refractivity contribution in [1.82, 2.24) is 5.43 Å². The van der Waals surface area contributed by atoms with E-state index in [2.05, 4.69) is 21.0 Å². The lowest BCUT2D eigenvalue weighted by atomic mass is 10.4. The lowest BCUT2D eigenvalue weighted by Gasteiger charge is -1.86. The highest BCUT2D eigenvalue weighted by molar-refractivity contribution is 7.12. The van der Waals surface area contributed by atoms with E-state index < -0.39 is 0 Å². The Morgan fingerprint density at radius 3 is 2.90 bits per heavy atom. The molecular weight excluding hydrogens is 148 g/mol. The Labute approximate surface area is 61.3 Å². The van der Waals surface area contributed by atoms with Crippen LogP contribution in [0.15, 0.2) is 33.1 Å². The molecule has 1 aromatic rings. The van der Waals surface area contributed by atoms with Gasteiger partial charge >= 0.3 is 0 Å². The van der Waals surface area contributed by atoms with Gasteiger partial charge in [-0.25, -0.2) is 0 Å². The third-order valence-corrected chi connectivity index (χ3v) is 1.93. The van der Waals surface area contributed by atoms with E-state index in [1.165, 1.54) is 0 Å². The molecule has 0 aromatic carbocycles. The molecule has 2 rings (SSSR count). The van der Waals surface area contributed by atoms with Gasteiger partial charge in [0.05, 0.1) is 4.88 Å². The van der Waals surface area contributed by atoms with E-state index in [0.717, 1.165) is 4.88 Å². The van der Waals surface area contributed by atoms with Gasteiger partial charge in [0.15, 0.2) is 0 Å². The highest BCUT2D eigenvalue weighted by atomic mass is 32.1. The molecule has 2 heterocycles. The number of rotatable bonds is 1. The number of hydrogen-bond acceptors (Lipinski definition) is 4. The Kier molecular flexibility index (Phi) is 1.21. The second-order valence-corrected chi connectivity index (χ2v) is 2.63. The topological polar surface area (TPSA) is 51.2 Å². The molecule has 0 saturated heterocycles. The van der Waals surface area contributed by atoms with Crippen molar-refractivity contribution in [3.05, 3.63) is 22.4 Å². The van der Waals surface area contributed by atoms with Crippen LogP contribution in [0, 0.1) is 0 Å². The minimum Gasteiger partial charge on any atom is -0.140 e. The molecule has 0 amide bonds. The Balaban J connectivity index is 2.30. The van der Waals surface area contributed by atoms with Gasteiger partial charge < -0.3 is 0 Å². The van der Waals surface area contributed by atoms with Gasteiger partial charge in [0, 0.05) is 0 Å². The molecule has 0 unspecified atom stereocenters. The van der Waals surface area contributed by atoms with Crippen LogP contribution in [0.2, 0.25) is 0 Å². The van der Waals surface area contributed by atoms with Crippen LogP contribution < -0.4 is 5.43 Å². The van der Waals surface area contributed by atoms with Crippen LogP contribution in [-0.2, 0) is 0 Å². The van der Waals surface area contributed by atoms with Crippen molar-refractivity contribution in [2.75, 3.05) is 0 Å². The van der Waals surface area contributed by atoms with Gasteiger partial charge in [-0.05, 0) is 21.9 Å². The minimum absolute atomic E-state index is 0.606. The highest BCUT2D eigenvalue weighted by Gasteiger charge is 2.08. The third kappa shape index (κ3) is 0.801. The molecule has 49 valence electrons. The number of nitrogens with zero attached hydrogens (tertiary/aromatic N) is 4. The van der Waals surface area contributed by atoms with Gasteiger partial charge in [0.1, 0.15) is 0 Å². The van der Waals surface area contributed by atoms with Crippen LogP contribution in [-0.4, -0.2) is 5.84 Å². The summed E-state index contributed by atoms with van der Waals surface area (Å²) in [7, 11) is 0. The molecular formula is C5H3N4S. The number of amidine groups is 1. The van der Waals surface area contributed by atoms with Gasteiger partial charge in [-0.15, -0.1) is 21.9 Å². The second-order valence-electron chi connectivity index (χ2n) is 1.68. The normalized spacial score (nSPS) is 15.0. The molecule has 0 saturated carbocycles. The summed E-state index contributed by atoms with van der Waals surface area (Å²) in [5.41, 5.74) is 3.70. The summed E-state index contributed by atoms with van der Waals surface area (Å²) < 4.78 is 0. The highest BCUT2D eigenvalue weighted by Crippen LogP contribution is 2.11. The van der Waals surface area contributed by atoms with Gasteiger partial charge in [-0.2, -0.15) is 0 Å². The standard InChI is InChI=1S/C5H3N4S/c1-2-4(10-3-1)5-6-8-9-7-5/h1-3H. The monoisotopic (exact) mass is 151 g/mol. The molecule has 0 fully saturated rings. The molecule has 0 N–H and O–H groups in total. The Morgan fingerprint density at radius 1 is 1.30 bits per heavy atom. The predicted octanol–water partition coefficient (Wildman–Crippen LogP) is 1.39. The Morgan fingerprint density at radius 2 is 2.30 bits per heavy atom. The lowest BCUT2D eigenvalue weighted by Crippen LogP contribution is -2.04. The summed E-state index contributed by atoms with van der Waals surface area (Å²) in [5.74, 6) is 0.606. The zero-order valence-corrected chi connectivity index (χ0v) is 5.75. The number of hydrogen-bond donors (Lipinski definition) is 0. The Hall–Kier alpha value is -1.23. The van der Waals surface area contributed by atoms with Crippen LogP contribution in [0.1, 0.15) is 4.88 Å². The first-order chi connectivity index (χ1) is 4.97. The average Bonchev–Trinajstić information content (AvgIpc) is 2.59. The van der Waals surface area contributed by atoms with Gasteiger partial charge in [0.25, 0.3) is 0 Å². The summed E-state index contributed by atoms with van der Waals surface area (Å²) in [6.07, 6.45) is 0. The maximum Gasteiger partial charge on any atom is 0.217 e. The zero-order chi connectivity index (χ0) is 6.81. The van der Waals surface area contributed by atoms with E-state index in [0.29, 0.717) is 5.84 Å².